The maximum atomic E-state index is 12.3. The van der Waals surface area contributed by atoms with Crippen molar-refractivity contribution in [2.24, 2.45) is 0 Å². The molecule has 0 radical (unpaired) electrons. The van der Waals surface area contributed by atoms with Gasteiger partial charge in [-0.2, -0.15) is 4.57 Å². The minimum absolute atomic E-state index is 0.0415. The SMILES string of the molecule is CC(Cc1ccc(O)cc1)c1c[n+]2c(c(Cc3ccccc3)n1)NCC2=O. The minimum atomic E-state index is 0.0415. The van der Waals surface area contributed by atoms with Gasteiger partial charge in [-0.05, 0) is 29.7 Å². The van der Waals surface area contributed by atoms with Crippen molar-refractivity contribution < 1.29 is 14.5 Å². The standard InChI is InChI=1S/C22H21N3O2/c1-15(11-17-7-9-18(26)10-8-17)20-14-25-21(27)13-23-22(25)19(24-20)12-16-5-3-2-4-6-16/h2-10,14-15,26H,11-13H2,1H3/p+1. The van der Waals surface area contributed by atoms with E-state index in [1.54, 1.807) is 16.7 Å². The molecule has 0 spiro atoms. The van der Waals surface area contributed by atoms with E-state index in [0.717, 1.165) is 34.8 Å². The molecule has 0 bridgehead atoms. The van der Waals surface area contributed by atoms with Gasteiger partial charge in [-0.25, -0.2) is 9.78 Å². The van der Waals surface area contributed by atoms with Crippen LogP contribution >= 0.6 is 0 Å². The Morgan fingerprint density at radius 2 is 1.85 bits per heavy atom. The molecule has 2 N–H and O–H groups in total. The van der Waals surface area contributed by atoms with E-state index in [1.807, 2.05) is 36.5 Å². The number of nitrogens with zero attached hydrogens (tertiary/aromatic N) is 2. The zero-order chi connectivity index (χ0) is 18.8. The smallest absolute Gasteiger partial charge is 0.355 e. The molecule has 3 aromatic rings. The van der Waals surface area contributed by atoms with Crippen LogP contribution in [-0.2, 0) is 12.8 Å². The third-order valence-corrected chi connectivity index (χ3v) is 4.91. The van der Waals surface area contributed by atoms with E-state index < -0.39 is 0 Å². The monoisotopic (exact) mass is 360 g/mol. The molecule has 0 saturated heterocycles. The van der Waals surface area contributed by atoms with Crippen LogP contribution in [0, 0.1) is 0 Å². The summed E-state index contributed by atoms with van der Waals surface area (Å²) in [6.07, 6.45) is 3.33. The van der Waals surface area contributed by atoms with Crippen molar-refractivity contribution in [1.82, 2.24) is 4.98 Å². The summed E-state index contributed by atoms with van der Waals surface area (Å²) >= 11 is 0. The van der Waals surface area contributed by atoms with Gasteiger partial charge in [0, 0.05) is 12.3 Å². The summed E-state index contributed by atoms with van der Waals surface area (Å²) in [6, 6.07) is 17.4. The van der Waals surface area contributed by atoms with E-state index in [2.05, 4.69) is 24.4 Å². The molecule has 1 aliphatic heterocycles. The number of aromatic hydroxyl groups is 1. The maximum Gasteiger partial charge on any atom is 0.355 e. The molecule has 4 rings (SSSR count). The number of anilines is 1. The molecule has 2 aromatic carbocycles. The van der Waals surface area contributed by atoms with E-state index in [9.17, 15) is 9.90 Å². The van der Waals surface area contributed by atoms with Crippen LogP contribution in [-0.4, -0.2) is 22.5 Å². The molecule has 1 unspecified atom stereocenters. The lowest BCUT2D eigenvalue weighted by Gasteiger charge is -2.13. The maximum absolute atomic E-state index is 12.3. The Morgan fingerprint density at radius 3 is 2.59 bits per heavy atom. The molecule has 1 atom stereocenters. The lowest BCUT2D eigenvalue weighted by atomic mass is 9.98. The first-order chi connectivity index (χ1) is 13.1. The highest BCUT2D eigenvalue weighted by Crippen LogP contribution is 2.23. The second-order valence-electron chi connectivity index (χ2n) is 7.01. The number of carbonyl (C=O) groups is 1. The molecule has 1 aliphatic rings. The van der Waals surface area contributed by atoms with Gasteiger partial charge in [0.25, 0.3) is 0 Å². The molecular weight excluding hydrogens is 338 g/mol. The predicted octanol–water partition coefficient (Wildman–Crippen LogP) is 3.08. The lowest BCUT2D eigenvalue weighted by molar-refractivity contribution is -0.553. The molecule has 0 amide bonds. The van der Waals surface area contributed by atoms with E-state index in [-0.39, 0.29) is 17.6 Å². The molecule has 1 aromatic heterocycles. The first kappa shape index (κ1) is 17.2. The summed E-state index contributed by atoms with van der Waals surface area (Å²) in [5.74, 6) is 1.25. The Balaban J connectivity index is 1.66. The number of hydrogen-bond acceptors (Lipinski definition) is 4. The Kier molecular flexibility index (Phi) is 4.59. The van der Waals surface area contributed by atoms with Crippen molar-refractivity contribution in [2.75, 3.05) is 11.9 Å². The zero-order valence-electron chi connectivity index (χ0n) is 15.2. The number of benzene rings is 2. The van der Waals surface area contributed by atoms with Crippen LogP contribution in [0.3, 0.4) is 0 Å². The number of carbonyl (C=O) groups excluding carboxylic acids is 1. The summed E-state index contributed by atoms with van der Waals surface area (Å²) < 4.78 is 1.70. The number of phenolic OH excluding ortho intramolecular Hbond substituents is 1. The number of aromatic nitrogens is 2. The first-order valence-corrected chi connectivity index (χ1v) is 9.14. The Hall–Kier alpha value is -3.21. The van der Waals surface area contributed by atoms with E-state index >= 15 is 0 Å². The van der Waals surface area contributed by atoms with Gasteiger partial charge in [-0.15, -0.1) is 0 Å². The summed E-state index contributed by atoms with van der Waals surface area (Å²) in [5, 5.41) is 12.6. The number of hydrogen-bond donors (Lipinski definition) is 2. The fourth-order valence-corrected chi connectivity index (χ4v) is 3.44. The van der Waals surface area contributed by atoms with Gasteiger partial charge in [-0.3, -0.25) is 5.32 Å². The van der Waals surface area contributed by atoms with Crippen molar-refractivity contribution in [2.45, 2.75) is 25.7 Å². The topological polar surface area (TPSA) is 66.1 Å². The minimum Gasteiger partial charge on any atom is -0.508 e. The fourth-order valence-electron chi connectivity index (χ4n) is 3.44. The Labute approximate surface area is 158 Å². The van der Waals surface area contributed by atoms with Crippen LogP contribution in [0.5, 0.6) is 5.75 Å². The Bertz CT molecular complexity index is 969. The molecule has 5 heteroatoms. The fraction of sp³-hybridized carbons (Fsp3) is 0.227. The summed E-state index contributed by atoms with van der Waals surface area (Å²) in [5.41, 5.74) is 4.08. The Morgan fingerprint density at radius 1 is 1.11 bits per heavy atom. The van der Waals surface area contributed by atoms with Gasteiger partial charge in [0.05, 0.1) is 5.69 Å². The normalized spacial score (nSPS) is 13.9. The van der Waals surface area contributed by atoms with Crippen LogP contribution in [0.2, 0.25) is 0 Å². The van der Waals surface area contributed by atoms with E-state index in [4.69, 9.17) is 4.98 Å². The first-order valence-electron chi connectivity index (χ1n) is 9.14. The van der Waals surface area contributed by atoms with Gasteiger partial charge >= 0.3 is 11.7 Å². The van der Waals surface area contributed by atoms with E-state index in [0.29, 0.717) is 13.0 Å². The third-order valence-electron chi connectivity index (χ3n) is 4.91. The third kappa shape index (κ3) is 3.67. The quantitative estimate of drug-likeness (QED) is 0.686. The average Bonchev–Trinajstić information content (AvgIpc) is 3.06. The number of rotatable bonds is 5. The molecule has 2 heterocycles. The highest BCUT2D eigenvalue weighted by molar-refractivity contribution is 5.77. The van der Waals surface area contributed by atoms with Crippen LogP contribution in [0.15, 0.2) is 60.8 Å². The molecule has 5 nitrogen and oxygen atoms in total. The summed E-state index contributed by atoms with van der Waals surface area (Å²) in [4.78, 5) is 17.2. The highest BCUT2D eigenvalue weighted by Gasteiger charge is 2.32. The molecule has 0 aliphatic carbocycles. The predicted molar refractivity (Wildman–Crippen MR) is 103 cm³/mol. The van der Waals surface area contributed by atoms with Crippen molar-refractivity contribution in [1.29, 1.82) is 0 Å². The van der Waals surface area contributed by atoms with Crippen molar-refractivity contribution in [3.05, 3.63) is 83.3 Å². The zero-order valence-corrected chi connectivity index (χ0v) is 15.2. The summed E-state index contributed by atoms with van der Waals surface area (Å²) in [7, 11) is 0. The summed E-state index contributed by atoms with van der Waals surface area (Å²) in [6.45, 7) is 2.42. The van der Waals surface area contributed by atoms with Crippen LogP contribution in [0.25, 0.3) is 0 Å². The van der Waals surface area contributed by atoms with Crippen molar-refractivity contribution >= 4 is 11.7 Å². The lowest BCUT2D eigenvalue weighted by Crippen LogP contribution is -2.40. The van der Waals surface area contributed by atoms with E-state index in [1.165, 1.54) is 0 Å². The molecule has 136 valence electrons. The second-order valence-corrected chi connectivity index (χ2v) is 7.01. The average molecular weight is 360 g/mol. The van der Waals surface area contributed by atoms with Crippen LogP contribution < -0.4 is 9.88 Å². The molecule has 0 saturated carbocycles. The van der Waals surface area contributed by atoms with Gasteiger partial charge in [-0.1, -0.05) is 49.4 Å². The van der Waals surface area contributed by atoms with Gasteiger partial charge in [0.2, 0.25) is 0 Å². The largest absolute Gasteiger partial charge is 0.508 e. The second kappa shape index (κ2) is 7.19. The van der Waals surface area contributed by atoms with Gasteiger partial charge in [0.1, 0.15) is 17.6 Å². The van der Waals surface area contributed by atoms with Gasteiger partial charge in [0.15, 0.2) is 6.54 Å². The molecule has 27 heavy (non-hydrogen) atoms. The number of fused-ring (bicyclic) bond motifs is 1. The van der Waals surface area contributed by atoms with Crippen LogP contribution in [0.4, 0.5) is 5.82 Å². The van der Waals surface area contributed by atoms with Gasteiger partial charge < -0.3 is 5.11 Å². The molecule has 0 fully saturated rings. The van der Waals surface area contributed by atoms with Crippen LogP contribution in [0.1, 0.15) is 40.2 Å². The molecular formula is C22H22N3O2+. The number of nitrogens with one attached hydrogen (secondary N) is 1. The number of phenols is 1. The highest BCUT2D eigenvalue weighted by atomic mass is 16.3. The van der Waals surface area contributed by atoms with Crippen molar-refractivity contribution in [3.8, 4) is 5.75 Å². The van der Waals surface area contributed by atoms with Crippen molar-refractivity contribution in [3.63, 3.8) is 0 Å².